The Balaban J connectivity index is 1.60. The quantitative estimate of drug-likeness (QED) is 0.431. The number of hydrogen-bond acceptors (Lipinski definition) is 7. The summed E-state index contributed by atoms with van der Waals surface area (Å²) < 4.78 is 25.6. The van der Waals surface area contributed by atoms with Crippen molar-refractivity contribution in [3.05, 3.63) is 104 Å². The van der Waals surface area contributed by atoms with Crippen molar-refractivity contribution in [2.24, 2.45) is 0 Å². The summed E-state index contributed by atoms with van der Waals surface area (Å²) in [5.74, 6) is -0.493. The van der Waals surface area contributed by atoms with Gasteiger partial charge in [0, 0.05) is 18.7 Å². The molecule has 3 aromatic rings. The molecule has 0 unspecified atom stereocenters. The summed E-state index contributed by atoms with van der Waals surface area (Å²) in [4.78, 5) is 38.7. The van der Waals surface area contributed by atoms with Gasteiger partial charge in [0.1, 0.15) is 12.2 Å². The molecule has 1 aliphatic heterocycles. The zero-order valence-electron chi connectivity index (χ0n) is 20.3. The molecule has 1 fully saturated rings. The Kier molecular flexibility index (Phi) is 8.14. The van der Waals surface area contributed by atoms with Crippen LogP contribution in [0.5, 0.6) is 0 Å². The average molecular weight is 495 g/mol. The molecule has 36 heavy (non-hydrogen) atoms. The van der Waals surface area contributed by atoms with Crippen LogP contribution >= 0.6 is 0 Å². The van der Waals surface area contributed by atoms with E-state index in [0.29, 0.717) is 12.2 Å². The van der Waals surface area contributed by atoms with Crippen LogP contribution in [0.25, 0.3) is 0 Å². The van der Waals surface area contributed by atoms with Crippen LogP contribution in [0.4, 0.5) is 0 Å². The van der Waals surface area contributed by atoms with Crippen molar-refractivity contribution in [3.8, 4) is 0 Å². The summed E-state index contributed by atoms with van der Waals surface area (Å²) >= 11 is 0. The van der Waals surface area contributed by atoms with E-state index < -0.39 is 35.0 Å². The van der Waals surface area contributed by atoms with Crippen molar-refractivity contribution in [2.45, 2.75) is 51.4 Å². The standard InChI is InChI=1S/C27H30N2O7/c1-19-13-29(26(32)28-25(19)31)14-23-24(34-16-22-11-7-4-8-12-22)27(18-35-23,36-20(2)30)17-33-15-21-9-5-3-6-10-21/h3-13,23-24H,14-18H2,1-2H3,(H,28,31,32)/t23-,24-,27-/m0/s1. The molecule has 0 radical (unpaired) electrons. The first kappa shape index (κ1) is 25.6. The first-order valence-electron chi connectivity index (χ1n) is 11.7. The van der Waals surface area contributed by atoms with Crippen LogP contribution in [0.3, 0.4) is 0 Å². The molecule has 0 aliphatic carbocycles. The first-order chi connectivity index (χ1) is 17.4. The Morgan fingerprint density at radius 3 is 2.33 bits per heavy atom. The number of carbonyl (C=O) groups excluding carboxylic acids is 1. The number of aromatic nitrogens is 2. The Morgan fingerprint density at radius 2 is 1.69 bits per heavy atom. The van der Waals surface area contributed by atoms with Gasteiger partial charge in [-0.05, 0) is 18.1 Å². The van der Waals surface area contributed by atoms with E-state index in [1.165, 1.54) is 17.7 Å². The Hall–Kier alpha value is -3.53. The highest BCUT2D eigenvalue weighted by molar-refractivity contribution is 5.66. The summed E-state index contributed by atoms with van der Waals surface area (Å²) in [5.41, 5.74) is 0.0863. The first-order valence-corrected chi connectivity index (χ1v) is 11.7. The molecule has 2 heterocycles. The third-order valence-corrected chi connectivity index (χ3v) is 6.04. The number of aryl methyl sites for hydroxylation is 1. The highest BCUT2D eigenvalue weighted by Gasteiger charge is 2.54. The van der Waals surface area contributed by atoms with Crippen molar-refractivity contribution >= 4 is 5.97 Å². The maximum Gasteiger partial charge on any atom is 0.328 e. The number of ether oxygens (including phenoxy) is 4. The van der Waals surface area contributed by atoms with E-state index in [9.17, 15) is 14.4 Å². The summed E-state index contributed by atoms with van der Waals surface area (Å²) in [6.07, 6.45) is 0.101. The zero-order chi connectivity index (χ0) is 25.5. The molecule has 0 saturated carbocycles. The van der Waals surface area contributed by atoms with E-state index in [-0.39, 0.29) is 26.4 Å². The van der Waals surface area contributed by atoms with Gasteiger partial charge in [0.2, 0.25) is 0 Å². The number of hydrogen-bond donors (Lipinski definition) is 1. The van der Waals surface area contributed by atoms with Crippen molar-refractivity contribution in [3.63, 3.8) is 0 Å². The molecule has 0 bridgehead atoms. The molecule has 4 rings (SSSR count). The van der Waals surface area contributed by atoms with Gasteiger partial charge >= 0.3 is 11.7 Å². The van der Waals surface area contributed by atoms with E-state index in [2.05, 4.69) is 4.98 Å². The lowest BCUT2D eigenvalue weighted by Crippen LogP contribution is -2.53. The Bertz CT molecular complexity index is 1270. The third kappa shape index (κ3) is 6.17. The van der Waals surface area contributed by atoms with E-state index in [0.717, 1.165) is 11.1 Å². The van der Waals surface area contributed by atoms with Gasteiger partial charge in [-0.25, -0.2) is 4.79 Å². The van der Waals surface area contributed by atoms with E-state index in [1.54, 1.807) is 6.92 Å². The second-order valence-electron chi connectivity index (χ2n) is 8.93. The molecule has 0 amide bonds. The van der Waals surface area contributed by atoms with Crippen molar-refractivity contribution in [1.29, 1.82) is 0 Å². The smallest absolute Gasteiger partial charge is 0.328 e. The normalized spacial score (nSPS) is 21.4. The highest BCUT2D eigenvalue weighted by atomic mass is 16.6. The summed E-state index contributed by atoms with van der Waals surface area (Å²) in [6, 6.07) is 19.2. The molecule has 1 N–H and O–H groups in total. The molecular weight excluding hydrogens is 464 g/mol. The summed E-state index contributed by atoms with van der Waals surface area (Å²) in [7, 11) is 0. The summed E-state index contributed by atoms with van der Waals surface area (Å²) in [6.45, 7) is 3.67. The SMILES string of the molecule is CC(=O)O[C@@]1(COCc2ccccc2)CO[C@@H](Cn2cc(C)c(=O)[nH]c2=O)[C@@H]1OCc1ccccc1. The van der Waals surface area contributed by atoms with Gasteiger partial charge in [-0.15, -0.1) is 0 Å². The lowest BCUT2D eigenvalue weighted by atomic mass is 9.96. The van der Waals surface area contributed by atoms with Crippen LogP contribution in [-0.2, 0) is 43.5 Å². The molecule has 1 saturated heterocycles. The number of nitrogens with zero attached hydrogens (tertiary/aromatic N) is 1. The molecule has 1 aliphatic rings. The Morgan fingerprint density at radius 1 is 1.06 bits per heavy atom. The van der Waals surface area contributed by atoms with Crippen molar-refractivity contribution in [1.82, 2.24) is 9.55 Å². The molecule has 0 spiro atoms. The number of rotatable bonds is 10. The predicted molar refractivity (Wildman–Crippen MR) is 131 cm³/mol. The Labute approximate surface area is 208 Å². The van der Waals surface area contributed by atoms with Crippen LogP contribution in [0.2, 0.25) is 0 Å². The largest absolute Gasteiger partial charge is 0.451 e. The van der Waals surface area contributed by atoms with E-state index in [4.69, 9.17) is 18.9 Å². The number of aromatic amines is 1. The van der Waals surface area contributed by atoms with E-state index in [1.807, 2.05) is 60.7 Å². The molecule has 3 atom stereocenters. The second-order valence-corrected chi connectivity index (χ2v) is 8.93. The van der Waals surface area contributed by atoms with Gasteiger partial charge in [-0.3, -0.25) is 19.1 Å². The number of esters is 1. The second kappa shape index (κ2) is 11.5. The topological polar surface area (TPSA) is 109 Å². The van der Waals surface area contributed by atoms with Gasteiger partial charge in [-0.1, -0.05) is 60.7 Å². The van der Waals surface area contributed by atoms with Crippen molar-refractivity contribution in [2.75, 3.05) is 13.2 Å². The minimum atomic E-state index is -1.22. The lowest BCUT2D eigenvalue weighted by Gasteiger charge is -2.34. The fourth-order valence-electron chi connectivity index (χ4n) is 4.32. The number of carbonyl (C=O) groups is 1. The van der Waals surface area contributed by atoms with Crippen LogP contribution in [0, 0.1) is 6.92 Å². The molecule has 9 nitrogen and oxygen atoms in total. The average Bonchev–Trinajstić information content (AvgIpc) is 3.18. The molecule has 9 heteroatoms. The lowest BCUT2D eigenvalue weighted by molar-refractivity contribution is -0.184. The molecular formula is C27H30N2O7. The van der Waals surface area contributed by atoms with Gasteiger partial charge in [0.05, 0.1) is 33.0 Å². The van der Waals surface area contributed by atoms with Crippen molar-refractivity contribution < 1.29 is 23.7 Å². The number of benzene rings is 2. The van der Waals surface area contributed by atoms with Gasteiger partial charge in [0.25, 0.3) is 5.56 Å². The minimum absolute atomic E-state index is 0.0303. The van der Waals surface area contributed by atoms with Crippen LogP contribution in [-0.4, -0.2) is 46.5 Å². The highest BCUT2D eigenvalue weighted by Crippen LogP contribution is 2.34. The maximum atomic E-state index is 12.4. The van der Waals surface area contributed by atoms with Crippen LogP contribution in [0.1, 0.15) is 23.6 Å². The molecule has 190 valence electrons. The van der Waals surface area contributed by atoms with E-state index >= 15 is 0 Å². The van der Waals surface area contributed by atoms with Gasteiger partial charge in [-0.2, -0.15) is 0 Å². The number of nitrogens with one attached hydrogen (secondary N) is 1. The number of H-pyrrole nitrogens is 1. The third-order valence-electron chi connectivity index (χ3n) is 6.04. The van der Waals surface area contributed by atoms with Crippen LogP contribution in [0.15, 0.2) is 76.4 Å². The summed E-state index contributed by atoms with van der Waals surface area (Å²) in [5, 5.41) is 0. The predicted octanol–water partition coefficient (Wildman–Crippen LogP) is 2.35. The molecule has 2 aromatic carbocycles. The fraction of sp³-hybridized carbons (Fsp3) is 0.370. The van der Waals surface area contributed by atoms with Gasteiger partial charge < -0.3 is 18.9 Å². The fourth-order valence-corrected chi connectivity index (χ4v) is 4.32. The van der Waals surface area contributed by atoms with Crippen LogP contribution < -0.4 is 11.2 Å². The zero-order valence-corrected chi connectivity index (χ0v) is 20.3. The molecule has 1 aromatic heterocycles. The minimum Gasteiger partial charge on any atom is -0.451 e. The monoisotopic (exact) mass is 494 g/mol. The van der Waals surface area contributed by atoms with Gasteiger partial charge in [0.15, 0.2) is 5.60 Å². The maximum absolute atomic E-state index is 12.4.